The zero-order valence-corrected chi connectivity index (χ0v) is 7.36. The van der Waals surface area contributed by atoms with Crippen LogP contribution in [0.3, 0.4) is 0 Å². The van der Waals surface area contributed by atoms with Gasteiger partial charge in [0.1, 0.15) is 11.0 Å². The molecular weight excluding hydrogens is 175 g/mol. The van der Waals surface area contributed by atoms with E-state index in [0.29, 0.717) is 0 Å². The maximum atomic E-state index is 10.6. The minimum Gasteiger partial charge on any atom is -0.351 e. The molecule has 0 rings (SSSR count). The second kappa shape index (κ2) is 3.88. The molecule has 0 fully saturated rings. The Morgan fingerprint density at radius 1 is 1.40 bits per heavy atom. The number of nitrogens with zero attached hydrogens (tertiary/aromatic N) is 1. The highest BCUT2D eigenvalue weighted by Crippen LogP contribution is 2.10. The van der Waals surface area contributed by atoms with E-state index in [4.69, 9.17) is 28.9 Å². The van der Waals surface area contributed by atoms with Crippen LogP contribution in [-0.4, -0.2) is 21.9 Å². The van der Waals surface area contributed by atoms with Crippen LogP contribution < -0.4 is 5.73 Å². The van der Waals surface area contributed by atoms with Gasteiger partial charge in [-0.1, -0.05) is 23.2 Å². The van der Waals surface area contributed by atoms with Gasteiger partial charge >= 0.3 is 6.03 Å². The highest BCUT2D eigenvalue weighted by Gasteiger charge is 2.19. The standard InChI is InChI=1S/C5H10Cl2N2O/c1-3(6)9(4(2)7)5(8)10/h3-4H,1-2H3,(H2,8,10). The van der Waals surface area contributed by atoms with Gasteiger partial charge in [-0.25, -0.2) is 4.79 Å². The number of nitrogens with two attached hydrogens (primary N) is 1. The van der Waals surface area contributed by atoms with E-state index in [9.17, 15) is 4.79 Å². The molecule has 0 heterocycles. The molecule has 0 saturated carbocycles. The molecule has 2 atom stereocenters. The average Bonchev–Trinajstić information content (AvgIpc) is 1.59. The number of hydrogen-bond acceptors (Lipinski definition) is 1. The fraction of sp³-hybridized carbons (Fsp3) is 0.800. The van der Waals surface area contributed by atoms with Gasteiger partial charge < -0.3 is 5.73 Å². The second-order valence-electron chi connectivity index (χ2n) is 1.89. The number of amides is 2. The maximum absolute atomic E-state index is 10.6. The largest absolute Gasteiger partial charge is 0.351 e. The normalized spacial score (nSPS) is 16.0. The molecule has 2 N–H and O–H groups in total. The van der Waals surface area contributed by atoms with Gasteiger partial charge in [-0.3, -0.25) is 4.90 Å². The smallest absolute Gasteiger partial charge is 0.317 e. The van der Waals surface area contributed by atoms with Gasteiger partial charge in [-0.05, 0) is 13.8 Å². The van der Waals surface area contributed by atoms with Gasteiger partial charge in [0.2, 0.25) is 0 Å². The molecule has 0 saturated heterocycles. The first kappa shape index (κ1) is 9.85. The van der Waals surface area contributed by atoms with Crippen LogP contribution in [0.25, 0.3) is 0 Å². The highest BCUT2D eigenvalue weighted by molar-refractivity contribution is 6.24. The second-order valence-corrected chi connectivity index (χ2v) is 3.16. The van der Waals surface area contributed by atoms with Crippen molar-refractivity contribution in [2.45, 2.75) is 24.8 Å². The number of carbonyl (C=O) groups is 1. The zero-order valence-electron chi connectivity index (χ0n) is 5.84. The summed E-state index contributed by atoms with van der Waals surface area (Å²) in [4.78, 5) is 11.7. The Morgan fingerprint density at radius 2 is 1.70 bits per heavy atom. The summed E-state index contributed by atoms with van der Waals surface area (Å²) in [5, 5.41) is 0. The minimum atomic E-state index is -0.606. The van der Waals surface area contributed by atoms with Crippen LogP contribution in [0, 0.1) is 0 Å². The Balaban J connectivity index is 4.12. The molecule has 0 aliphatic carbocycles. The molecule has 3 nitrogen and oxygen atoms in total. The Morgan fingerprint density at radius 3 is 1.70 bits per heavy atom. The topological polar surface area (TPSA) is 46.3 Å². The fourth-order valence-corrected chi connectivity index (χ4v) is 1.22. The van der Waals surface area contributed by atoms with E-state index < -0.39 is 17.0 Å². The summed E-state index contributed by atoms with van der Waals surface area (Å²) >= 11 is 11.1. The number of alkyl halides is 2. The Hall–Kier alpha value is -0.150. The molecule has 0 aromatic rings. The molecule has 2 unspecified atom stereocenters. The number of halogens is 2. The number of rotatable bonds is 2. The van der Waals surface area contributed by atoms with E-state index >= 15 is 0 Å². The summed E-state index contributed by atoms with van der Waals surface area (Å²) in [6.07, 6.45) is 0. The molecule has 0 radical (unpaired) electrons. The lowest BCUT2D eigenvalue weighted by molar-refractivity contribution is 0.201. The number of hydrogen-bond donors (Lipinski definition) is 1. The van der Waals surface area contributed by atoms with Crippen LogP contribution in [0.2, 0.25) is 0 Å². The van der Waals surface area contributed by atoms with E-state index in [-0.39, 0.29) is 0 Å². The Labute approximate surface area is 70.1 Å². The summed E-state index contributed by atoms with van der Waals surface area (Å²) in [5.74, 6) is 0. The quantitative estimate of drug-likeness (QED) is 0.514. The first-order valence-corrected chi connectivity index (χ1v) is 3.70. The lowest BCUT2D eigenvalue weighted by Gasteiger charge is -2.24. The number of urea groups is 1. The number of carbonyl (C=O) groups excluding carboxylic acids is 1. The zero-order chi connectivity index (χ0) is 8.31. The summed E-state index contributed by atoms with van der Waals surface area (Å²) < 4.78 is 0. The Kier molecular flexibility index (Phi) is 3.83. The van der Waals surface area contributed by atoms with Gasteiger partial charge in [-0.2, -0.15) is 0 Å². The van der Waals surface area contributed by atoms with Crippen LogP contribution in [-0.2, 0) is 0 Å². The monoisotopic (exact) mass is 184 g/mol. The third-order valence-corrected chi connectivity index (χ3v) is 1.44. The van der Waals surface area contributed by atoms with E-state index in [1.807, 2.05) is 0 Å². The summed E-state index contributed by atoms with van der Waals surface area (Å²) in [7, 11) is 0. The Bertz CT molecular complexity index is 119. The molecular formula is C5H10Cl2N2O. The molecule has 0 aromatic heterocycles. The van der Waals surface area contributed by atoms with Gasteiger partial charge in [0.15, 0.2) is 0 Å². The molecule has 0 aliphatic rings. The molecule has 5 heteroatoms. The van der Waals surface area contributed by atoms with Crippen LogP contribution in [0.1, 0.15) is 13.8 Å². The average molecular weight is 185 g/mol. The molecule has 0 aromatic carbocycles. The van der Waals surface area contributed by atoms with E-state index in [1.165, 1.54) is 4.90 Å². The highest BCUT2D eigenvalue weighted by atomic mass is 35.5. The molecule has 10 heavy (non-hydrogen) atoms. The first-order valence-electron chi connectivity index (χ1n) is 2.82. The predicted molar refractivity (Wildman–Crippen MR) is 42.1 cm³/mol. The summed E-state index contributed by atoms with van der Waals surface area (Å²) in [5.41, 5.74) is 4.02. The van der Waals surface area contributed by atoms with Gasteiger partial charge in [-0.15, -0.1) is 0 Å². The van der Waals surface area contributed by atoms with E-state index in [0.717, 1.165) is 0 Å². The van der Waals surface area contributed by atoms with E-state index in [2.05, 4.69) is 0 Å². The van der Waals surface area contributed by atoms with Crippen LogP contribution in [0.5, 0.6) is 0 Å². The number of primary amides is 1. The summed E-state index contributed by atoms with van der Waals surface area (Å²) in [6, 6.07) is -0.606. The van der Waals surface area contributed by atoms with Crippen molar-refractivity contribution >= 4 is 29.2 Å². The molecule has 0 bridgehead atoms. The van der Waals surface area contributed by atoms with Crippen molar-refractivity contribution in [1.82, 2.24) is 4.90 Å². The SMILES string of the molecule is CC(Cl)N(C(N)=O)C(C)Cl. The van der Waals surface area contributed by atoms with Gasteiger partial charge in [0.05, 0.1) is 0 Å². The van der Waals surface area contributed by atoms with Crippen molar-refractivity contribution in [1.29, 1.82) is 0 Å². The maximum Gasteiger partial charge on any atom is 0.317 e. The lowest BCUT2D eigenvalue weighted by atomic mass is 10.5. The lowest BCUT2D eigenvalue weighted by Crippen LogP contribution is -2.43. The minimum absolute atomic E-state index is 0.468. The molecule has 2 amide bonds. The van der Waals surface area contributed by atoms with Crippen molar-refractivity contribution in [2.24, 2.45) is 5.73 Å². The van der Waals surface area contributed by atoms with Crippen molar-refractivity contribution < 1.29 is 4.79 Å². The van der Waals surface area contributed by atoms with Crippen molar-refractivity contribution in [3.63, 3.8) is 0 Å². The van der Waals surface area contributed by atoms with Crippen LogP contribution in [0.15, 0.2) is 0 Å². The van der Waals surface area contributed by atoms with Gasteiger partial charge in [0.25, 0.3) is 0 Å². The molecule has 0 spiro atoms. The third kappa shape index (κ3) is 2.62. The van der Waals surface area contributed by atoms with E-state index in [1.54, 1.807) is 13.8 Å². The molecule has 0 aliphatic heterocycles. The fourth-order valence-electron chi connectivity index (χ4n) is 0.634. The van der Waals surface area contributed by atoms with Crippen LogP contribution in [0.4, 0.5) is 4.79 Å². The van der Waals surface area contributed by atoms with Crippen molar-refractivity contribution in [2.75, 3.05) is 0 Å². The van der Waals surface area contributed by atoms with Gasteiger partial charge in [0, 0.05) is 0 Å². The first-order chi connectivity index (χ1) is 4.46. The summed E-state index contributed by atoms with van der Waals surface area (Å²) in [6.45, 7) is 3.26. The molecule has 60 valence electrons. The predicted octanol–water partition coefficient (Wildman–Crippen LogP) is 1.54. The van der Waals surface area contributed by atoms with Crippen LogP contribution >= 0.6 is 23.2 Å². The van der Waals surface area contributed by atoms with Crippen molar-refractivity contribution in [3.05, 3.63) is 0 Å². The van der Waals surface area contributed by atoms with Crippen molar-refractivity contribution in [3.8, 4) is 0 Å². The third-order valence-electron chi connectivity index (χ3n) is 1.02.